The molecule has 0 saturated carbocycles. The topological polar surface area (TPSA) is 52.2 Å². The number of anilines is 1. The largest absolute Gasteiger partial charge is 0.369 e. The van der Waals surface area contributed by atoms with Crippen LogP contribution in [0.15, 0.2) is 35.1 Å². The summed E-state index contributed by atoms with van der Waals surface area (Å²) in [7, 11) is 0. The van der Waals surface area contributed by atoms with Crippen LogP contribution in [0, 0.1) is 27.7 Å². The third-order valence-electron chi connectivity index (χ3n) is 5.82. The zero-order valence-electron chi connectivity index (χ0n) is 17.2. The molecule has 4 rings (SSSR count). The lowest BCUT2D eigenvalue weighted by Gasteiger charge is -2.36. The van der Waals surface area contributed by atoms with Gasteiger partial charge in [-0.2, -0.15) is 0 Å². The van der Waals surface area contributed by atoms with Gasteiger partial charge in [0.25, 0.3) is 5.56 Å². The minimum Gasteiger partial charge on any atom is -0.369 e. The number of H-pyrrole nitrogens is 1. The number of nitrogens with one attached hydrogen (secondary N) is 1. The summed E-state index contributed by atoms with van der Waals surface area (Å²) in [5.74, 6) is 0. The minimum absolute atomic E-state index is 0.0763. The fraction of sp³-hybridized carbons (Fsp3) is 0.391. The highest BCUT2D eigenvalue weighted by atomic mass is 16.1. The first kappa shape index (κ1) is 18.7. The fourth-order valence-corrected chi connectivity index (χ4v) is 4.01. The van der Waals surface area contributed by atoms with Gasteiger partial charge in [-0.3, -0.25) is 9.69 Å². The van der Waals surface area contributed by atoms with Gasteiger partial charge in [0.2, 0.25) is 0 Å². The molecular formula is C23H28N4O. The molecule has 146 valence electrons. The number of aryl methyl sites for hydroxylation is 4. The van der Waals surface area contributed by atoms with E-state index in [0.717, 1.165) is 37.2 Å². The summed E-state index contributed by atoms with van der Waals surface area (Å²) in [6, 6.07) is 10.7. The van der Waals surface area contributed by atoms with Crippen molar-refractivity contribution in [2.24, 2.45) is 0 Å². The zero-order valence-corrected chi connectivity index (χ0v) is 17.2. The normalized spacial score (nSPS) is 15.4. The molecule has 0 spiro atoms. The van der Waals surface area contributed by atoms with Crippen LogP contribution in [-0.2, 0) is 6.54 Å². The van der Waals surface area contributed by atoms with Crippen LogP contribution in [0.2, 0.25) is 0 Å². The Bertz CT molecular complexity index is 1080. The molecule has 5 nitrogen and oxygen atoms in total. The van der Waals surface area contributed by atoms with E-state index in [4.69, 9.17) is 0 Å². The van der Waals surface area contributed by atoms with Crippen molar-refractivity contribution in [3.8, 4) is 0 Å². The van der Waals surface area contributed by atoms with Gasteiger partial charge in [0.15, 0.2) is 0 Å². The molecule has 1 aromatic heterocycles. The van der Waals surface area contributed by atoms with E-state index in [2.05, 4.69) is 71.7 Å². The summed E-state index contributed by atoms with van der Waals surface area (Å²) >= 11 is 0. The Hall–Kier alpha value is -2.66. The third-order valence-corrected chi connectivity index (χ3v) is 5.82. The molecule has 0 radical (unpaired) electrons. The monoisotopic (exact) mass is 376 g/mol. The molecule has 2 heterocycles. The van der Waals surface area contributed by atoms with Gasteiger partial charge < -0.3 is 9.88 Å². The molecule has 1 aliphatic rings. The van der Waals surface area contributed by atoms with Crippen molar-refractivity contribution in [3.05, 3.63) is 68.6 Å². The summed E-state index contributed by atoms with van der Waals surface area (Å²) < 4.78 is 0. The lowest BCUT2D eigenvalue weighted by molar-refractivity contribution is 0.246. The molecule has 0 aliphatic carbocycles. The Morgan fingerprint density at radius 2 is 1.64 bits per heavy atom. The number of rotatable bonds is 3. The van der Waals surface area contributed by atoms with E-state index < -0.39 is 0 Å². The van der Waals surface area contributed by atoms with E-state index in [-0.39, 0.29) is 5.56 Å². The van der Waals surface area contributed by atoms with Crippen molar-refractivity contribution in [3.63, 3.8) is 0 Å². The van der Waals surface area contributed by atoms with E-state index in [0.29, 0.717) is 12.2 Å². The maximum Gasteiger partial charge on any atom is 0.271 e. The van der Waals surface area contributed by atoms with Crippen LogP contribution in [0.4, 0.5) is 5.69 Å². The van der Waals surface area contributed by atoms with Gasteiger partial charge >= 0.3 is 0 Å². The van der Waals surface area contributed by atoms with Crippen molar-refractivity contribution in [1.29, 1.82) is 0 Å². The fourth-order valence-electron chi connectivity index (χ4n) is 4.01. The molecule has 0 bridgehead atoms. The van der Waals surface area contributed by atoms with E-state index in [1.807, 2.05) is 6.07 Å². The van der Waals surface area contributed by atoms with E-state index in [9.17, 15) is 4.79 Å². The lowest BCUT2D eigenvalue weighted by Crippen LogP contribution is -2.46. The van der Waals surface area contributed by atoms with Gasteiger partial charge in [-0.15, -0.1) is 0 Å². The van der Waals surface area contributed by atoms with Gasteiger partial charge in [0, 0.05) is 38.4 Å². The lowest BCUT2D eigenvalue weighted by atomic mass is 10.1. The van der Waals surface area contributed by atoms with Crippen LogP contribution in [0.1, 0.15) is 27.9 Å². The molecule has 1 saturated heterocycles. The van der Waals surface area contributed by atoms with E-state index in [1.54, 1.807) is 0 Å². The smallest absolute Gasteiger partial charge is 0.271 e. The van der Waals surface area contributed by atoms with Gasteiger partial charge in [-0.1, -0.05) is 17.7 Å². The van der Waals surface area contributed by atoms with Gasteiger partial charge in [0.05, 0.1) is 11.0 Å². The average Bonchev–Trinajstić information content (AvgIpc) is 2.65. The summed E-state index contributed by atoms with van der Waals surface area (Å²) in [5, 5.41) is 0. The predicted molar refractivity (Wildman–Crippen MR) is 115 cm³/mol. The third kappa shape index (κ3) is 3.67. The summed E-state index contributed by atoms with van der Waals surface area (Å²) in [4.78, 5) is 25.0. The van der Waals surface area contributed by atoms with Crippen LogP contribution in [-0.4, -0.2) is 41.0 Å². The second-order valence-electron chi connectivity index (χ2n) is 8.02. The molecule has 2 aromatic carbocycles. The predicted octanol–water partition coefficient (Wildman–Crippen LogP) is 3.48. The minimum atomic E-state index is -0.0763. The molecule has 0 amide bonds. The molecule has 5 heteroatoms. The number of hydrogen-bond donors (Lipinski definition) is 1. The SMILES string of the molecule is Cc1ccc(N2CCN(Cc3nc4cc(C)c(C)cc4[nH]c3=O)CC2)c(C)c1. The Balaban J connectivity index is 1.48. The molecule has 28 heavy (non-hydrogen) atoms. The second-order valence-corrected chi connectivity index (χ2v) is 8.02. The Labute approximate surface area is 166 Å². The number of aromatic nitrogens is 2. The highest BCUT2D eigenvalue weighted by Crippen LogP contribution is 2.23. The summed E-state index contributed by atoms with van der Waals surface area (Å²) in [6.07, 6.45) is 0. The van der Waals surface area contributed by atoms with E-state index >= 15 is 0 Å². The van der Waals surface area contributed by atoms with Gasteiger partial charge in [0.1, 0.15) is 5.69 Å². The number of aromatic amines is 1. The van der Waals surface area contributed by atoms with Crippen molar-refractivity contribution >= 4 is 16.7 Å². The summed E-state index contributed by atoms with van der Waals surface area (Å²) in [5.41, 5.74) is 8.52. The number of piperazine rings is 1. The number of nitrogens with zero attached hydrogens (tertiary/aromatic N) is 3. The first-order valence-corrected chi connectivity index (χ1v) is 9.95. The molecule has 0 atom stereocenters. The molecule has 1 fully saturated rings. The van der Waals surface area contributed by atoms with Crippen LogP contribution in [0.3, 0.4) is 0 Å². The molecule has 1 aliphatic heterocycles. The maximum absolute atomic E-state index is 12.5. The van der Waals surface area contributed by atoms with Crippen LogP contribution < -0.4 is 10.5 Å². The van der Waals surface area contributed by atoms with Gasteiger partial charge in [-0.05, 0) is 62.6 Å². The van der Waals surface area contributed by atoms with Gasteiger partial charge in [-0.25, -0.2) is 4.98 Å². The molecule has 0 unspecified atom stereocenters. The molecular weight excluding hydrogens is 348 g/mol. The molecule has 3 aromatic rings. The standard InChI is InChI=1S/C23H28N4O/c1-15-5-6-22(18(4)11-15)27-9-7-26(8-10-27)14-21-23(28)25-20-13-17(3)16(2)12-19(20)24-21/h5-6,11-13H,7-10,14H2,1-4H3,(H,25,28). The van der Waals surface area contributed by atoms with Crippen molar-refractivity contribution in [2.75, 3.05) is 31.1 Å². The maximum atomic E-state index is 12.5. The average molecular weight is 377 g/mol. The number of fused-ring (bicyclic) bond motifs is 1. The Kier molecular flexibility index (Phi) is 4.94. The van der Waals surface area contributed by atoms with Crippen LogP contribution in [0.25, 0.3) is 11.0 Å². The van der Waals surface area contributed by atoms with Crippen molar-refractivity contribution in [1.82, 2.24) is 14.9 Å². The quantitative estimate of drug-likeness (QED) is 0.760. The molecule has 1 N–H and O–H groups in total. The van der Waals surface area contributed by atoms with Crippen molar-refractivity contribution in [2.45, 2.75) is 34.2 Å². The highest BCUT2D eigenvalue weighted by molar-refractivity contribution is 5.76. The summed E-state index contributed by atoms with van der Waals surface area (Å²) in [6.45, 7) is 12.8. The van der Waals surface area contributed by atoms with Crippen molar-refractivity contribution < 1.29 is 0 Å². The number of hydrogen-bond acceptors (Lipinski definition) is 4. The Morgan fingerprint density at radius 1 is 0.929 bits per heavy atom. The first-order valence-electron chi connectivity index (χ1n) is 9.95. The highest BCUT2D eigenvalue weighted by Gasteiger charge is 2.20. The second kappa shape index (κ2) is 7.40. The Morgan fingerprint density at radius 3 is 2.36 bits per heavy atom. The zero-order chi connectivity index (χ0) is 19.8. The van der Waals surface area contributed by atoms with Crippen LogP contribution in [0.5, 0.6) is 0 Å². The first-order chi connectivity index (χ1) is 13.4. The van der Waals surface area contributed by atoms with E-state index in [1.165, 1.54) is 27.9 Å². The number of benzene rings is 2. The van der Waals surface area contributed by atoms with Crippen LogP contribution >= 0.6 is 0 Å².